The van der Waals surface area contributed by atoms with E-state index in [1.165, 1.54) is 24.9 Å². The van der Waals surface area contributed by atoms with Gasteiger partial charge in [0.1, 0.15) is 23.9 Å². The summed E-state index contributed by atoms with van der Waals surface area (Å²) in [5.41, 5.74) is 3.45. The van der Waals surface area contributed by atoms with E-state index in [4.69, 9.17) is 14.5 Å². The summed E-state index contributed by atoms with van der Waals surface area (Å²) in [5, 5.41) is 0. The van der Waals surface area contributed by atoms with E-state index < -0.39 is 0 Å². The number of nitrogens with one attached hydrogen (secondary N) is 2. The van der Waals surface area contributed by atoms with Crippen LogP contribution in [0.1, 0.15) is 30.1 Å². The topological polar surface area (TPSA) is 51.6 Å². The van der Waals surface area contributed by atoms with Crippen LogP contribution < -0.4 is 14.4 Å². The Labute approximate surface area is 153 Å². The molecule has 2 N–H and O–H groups in total. The van der Waals surface area contributed by atoms with Crippen molar-refractivity contribution in [2.45, 2.75) is 25.3 Å². The molecule has 0 amide bonds. The molecule has 2 heterocycles. The molecule has 0 radical (unpaired) electrons. The maximum absolute atomic E-state index is 5.41. The van der Waals surface area contributed by atoms with Gasteiger partial charge in [0, 0.05) is 11.6 Å². The number of para-hydroxylation sites is 2. The van der Waals surface area contributed by atoms with Crippen LogP contribution in [-0.4, -0.2) is 37.3 Å². The zero-order chi connectivity index (χ0) is 17.9. The van der Waals surface area contributed by atoms with Crippen molar-refractivity contribution in [3.63, 3.8) is 0 Å². The van der Waals surface area contributed by atoms with Gasteiger partial charge in [0.05, 0.1) is 44.3 Å². The first kappa shape index (κ1) is 16.9. The number of rotatable bonds is 5. The van der Waals surface area contributed by atoms with E-state index in [1.54, 1.807) is 19.1 Å². The van der Waals surface area contributed by atoms with Gasteiger partial charge in [-0.05, 0) is 37.1 Å². The molecule has 2 aromatic carbocycles. The highest BCUT2D eigenvalue weighted by Crippen LogP contribution is 2.24. The molecular weight excluding hydrogens is 326 g/mol. The SMILES string of the molecule is COc1cc(C[NH+]2CCC[C@H](c3nc4ccccc4[nH]3)C2)cc(OC)c1. The Morgan fingerprint density at radius 2 is 1.88 bits per heavy atom. The molecular formula is C21H26N3O2+. The van der Waals surface area contributed by atoms with Crippen molar-refractivity contribution in [1.29, 1.82) is 0 Å². The van der Waals surface area contributed by atoms with Crippen LogP contribution in [0.3, 0.4) is 0 Å². The number of benzene rings is 2. The van der Waals surface area contributed by atoms with Crippen molar-refractivity contribution in [2.24, 2.45) is 0 Å². The Hall–Kier alpha value is -2.53. The lowest BCUT2D eigenvalue weighted by atomic mass is 9.97. The largest absolute Gasteiger partial charge is 0.497 e. The minimum Gasteiger partial charge on any atom is -0.497 e. The standard InChI is InChI=1S/C21H25N3O2/c1-25-17-10-15(11-18(12-17)26-2)13-24-9-5-6-16(14-24)21-22-19-7-3-4-8-20(19)23-21/h3-4,7-8,10-12,16H,5-6,9,13-14H2,1-2H3,(H,22,23)/p+1/t16-/m0/s1. The number of nitrogens with zero attached hydrogens (tertiary/aromatic N) is 1. The van der Waals surface area contributed by atoms with Gasteiger partial charge in [0.2, 0.25) is 0 Å². The van der Waals surface area contributed by atoms with E-state index in [1.807, 2.05) is 12.1 Å². The lowest BCUT2D eigenvalue weighted by Gasteiger charge is -2.29. The zero-order valence-electron chi connectivity index (χ0n) is 15.4. The second-order valence-electron chi connectivity index (χ2n) is 7.08. The van der Waals surface area contributed by atoms with Gasteiger partial charge in [-0.25, -0.2) is 4.98 Å². The Morgan fingerprint density at radius 3 is 2.62 bits per heavy atom. The summed E-state index contributed by atoms with van der Waals surface area (Å²) in [5.74, 6) is 3.32. The van der Waals surface area contributed by atoms with Crippen LogP contribution in [0.25, 0.3) is 11.0 Å². The number of piperidine rings is 1. The minimum atomic E-state index is 0.485. The normalized spacial score (nSPS) is 20.2. The molecule has 3 aromatic rings. The Morgan fingerprint density at radius 1 is 1.12 bits per heavy atom. The monoisotopic (exact) mass is 352 g/mol. The maximum atomic E-state index is 5.41. The van der Waals surface area contributed by atoms with Gasteiger partial charge < -0.3 is 19.4 Å². The third kappa shape index (κ3) is 3.53. The molecule has 0 bridgehead atoms. The van der Waals surface area contributed by atoms with E-state index >= 15 is 0 Å². The average Bonchev–Trinajstić information content (AvgIpc) is 3.12. The summed E-state index contributed by atoms with van der Waals surface area (Å²) in [6, 6.07) is 14.4. The number of hydrogen-bond donors (Lipinski definition) is 2. The van der Waals surface area contributed by atoms with Crippen LogP contribution in [0.15, 0.2) is 42.5 Å². The highest BCUT2D eigenvalue weighted by Gasteiger charge is 2.27. The van der Waals surface area contributed by atoms with Gasteiger partial charge in [0.25, 0.3) is 0 Å². The molecule has 1 aliphatic rings. The summed E-state index contributed by atoms with van der Waals surface area (Å²) >= 11 is 0. The Kier molecular flexibility index (Phi) is 4.80. The predicted molar refractivity (Wildman–Crippen MR) is 102 cm³/mol. The average molecular weight is 352 g/mol. The molecule has 26 heavy (non-hydrogen) atoms. The number of H-pyrrole nitrogens is 1. The number of quaternary nitrogens is 1. The molecule has 5 heteroatoms. The van der Waals surface area contributed by atoms with Crippen LogP contribution in [0, 0.1) is 0 Å². The van der Waals surface area contributed by atoms with Crippen molar-refractivity contribution >= 4 is 11.0 Å². The molecule has 1 saturated heterocycles. The first-order valence-electron chi connectivity index (χ1n) is 9.25. The summed E-state index contributed by atoms with van der Waals surface area (Å²) < 4.78 is 10.8. The van der Waals surface area contributed by atoms with E-state index in [0.717, 1.165) is 41.4 Å². The molecule has 0 spiro atoms. The van der Waals surface area contributed by atoms with Gasteiger partial charge in [-0.15, -0.1) is 0 Å². The molecule has 1 unspecified atom stereocenters. The van der Waals surface area contributed by atoms with E-state index in [2.05, 4.69) is 35.3 Å². The first-order chi connectivity index (χ1) is 12.7. The van der Waals surface area contributed by atoms with E-state index in [-0.39, 0.29) is 0 Å². The third-order valence-electron chi connectivity index (χ3n) is 5.28. The number of aromatic nitrogens is 2. The molecule has 5 nitrogen and oxygen atoms in total. The molecule has 4 rings (SSSR count). The fourth-order valence-corrected chi connectivity index (χ4v) is 3.97. The number of hydrogen-bond acceptors (Lipinski definition) is 3. The van der Waals surface area contributed by atoms with Crippen LogP contribution in [-0.2, 0) is 6.54 Å². The number of methoxy groups -OCH3 is 2. The first-order valence-corrected chi connectivity index (χ1v) is 9.25. The van der Waals surface area contributed by atoms with Crippen LogP contribution >= 0.6 is 0 Å². The summed E-state index contributed by atoms with van der Waals surface area (Å²) in [6.07, 6.45) is 2.42. The number of imidazole rings is 1. The predicted octanol–water partition coefficient (Wildman–Crippen LogP) is 2.54. The summed E-state index contributed by atoms with van der Waals surface area (Å²) in [4.78, 5) is 9.93. The number of likely N-dealkylation sites (tertiary alicyclic amines) is 1. The lowest BCUT2D eigenvalue weighted by molar-refractivity contribution is -0.920. The molecule has 2 atom stereocenters. The molecule has 0 saturated carbocycles. The Balaban J connectivity index is 1.50. The molecule has 1 aromatic heterocycles. The molecule has 1 fully saturated rings. The number of fused-ring (bicyclic) bond motifs is 1. The highest BCUT2D eigenvalue weighted by atomic mass is 16.5. The minimum absolute atomic E-state index is 0.485. The van der Waals surface area contributed by atoms with E-state index in [9.17, 15) is 0 Å². The highest BCUT2D eigenvalue weighted by molar-refractivity contribution is 5.74. The number of ether oxygens (including phenoxy) is 2. The van der Waals surface area contributed by atoms with Gasteiger partial charge in [-0.3, -0.25) is 0 Å². The van der Waals surface area contributed by atoms with Gasteiger partial charge in [-0.1, -0.05) is 12.1 Å². The van der Waals surface area contributed by atoms with Crippen molar-refractivity contribution < 1.29 is 14.4 Å². The maximum Gasteiger partial charge on any atom is 0.123 e. The fourth-order valence-electron chi connectivity index (χ4n) is 3.97. The van der Waals surface area contributed by atoms with Crippen molar-refractivity contribution in [3.8, 4) is 11.5 Å². The van der Waals surface area contributed by atoms with Gasteiger partial charge >= 0.3 is 0 Å². The Bertz CT molecular complexity index is 835. The zero-order valence-corrected chi connectivity index (χ0v) is 15.4. The van der Waals surface area contributed by atoms with Crippen molar-refractivity contribution in [1.82, 2.24) is 9.97 Å². The third-order valence-corrected chi connectivity index (χ3v) is 5.28. The second-order valence-corrected chi connectivity index (χ2v) is 7.08. The van der Waals surface area contributed by atoms with Gasteiger partial charge in [0.15, 0.2) is 0 Å². The summed E-state index contributed by atoms with van der Waals surface area (Å²) in [7, 11) is 3.40. The quantitative estimate of drug-likeness (QED) is 0.742. The smallest absolute Gasteiger partial charge is 0.123 e. The van der Waals surface area contributed by atoms with Crippen molar-refractivity contribution in [3.05, 3.63) is 53.9 Å². The van der Waals surface area contributed by atoms with E-state index in [0.29, 0.717) is 5.92 Å². The fraction of sp³-hybridized carbons (Fsp3) is 0.381. The van der Waals surface area contributed by atoms with Gasteiger partial charge in [-0.2, -0.15) is 0 Å². The van der Waals surface area contributed by atoms with Crippen LogP contribution in [0.5, 0.6) is 11.5 Å². The lowest BCUT2D eigenvalue weighted by Crippen LogP contribution is -3.12. The van der Waals surface area contributed by atoms with Crippen LogP contribution in [0.4, 0.5) is 0 Å². The molecule has 1 aliphatic heterocycles. The van der Waals surface area contributed by atoms with Crippen molar-refractivity contribution in [2.75, 3.05) is 27.3 Å². The number of aromatic amines is 1. The molecule has 0 aliphatic carbocycles. The summed E-state index contributed by atoms with van der Waals surface area (Å²) in [6.45, 7) is 3.26. The second kappa shape index (κ2) is 7.38. The molecule has 136 valence electrons. The van der Waals surface area contributed by atoms with Crippen LogP contribution in [0.2, 0.25) is 0 Å².